The van der Waals surface area contributed by atoms with Crippen LogP contribution in [0, 0.1) is 5.92 Å². The SMILES string of the molecule is NNC(=O)C1CCN(CC(F)(F)F)CC1. The Kier molecular flexibility index (Phi) is 3.92. The summed E-state index contributed by atoms with van der Waals surface area (Å²) in [6.07, 6.45) is -3.30. The predicted molar refractivity (Wildman–Crippen MR) is 47.5 cm³/mol. The standard InChI is InChI=1S/C8H14F3N3O/c9-8(10,11)5-14-3-1-6(2-4-14)7(15)13-12/h6H,1-5,12H2,(H,13,15). The van der Waals surface area contributed by atoms with Crippen LogP contribution in [0.4, 0.5) is 13.2 Å². The van der Waals surface area contributed by atoms with Crippen LogP contribution < -0.4 is 11.3 Å². The summed E-state index contributed by atoms with van der Waals surface area (Å²) < 4.78 is 36.1. The number of piperidine rings is 1. The van der Waals surface area contributed by atoms with Crippen LogP contribution in [0.1, 0.15) is 12.8 Å². The number of halogens is 3. The lowest BCUT2D eigenvalue weighted by Crippen LogP contribution is -2.45. The summed E-state index contributed by atoms with van der Waals surface area (Å²) in [7, 11) is 0. The van der Waals surface area contributed by atoms with Gasteiger partial charge in [0.1, 0.15) is 0 Å². The number of hydrazine groups is 1. The Hall–Kier alpha value is -0.820. The molecule has 0 saturated carbocycles. The van der Waals surface area contributed by atoms with Crippen LogP contribution >= 0.6 is 0 Å². The number of alkyl halides is 3. The van der Waals surface area contributed by atoms with Crippen molar-refractivity contribution in [3.05, 3.63) is 0 Å². The molecule has 3 N–H and O–H groups in total. The highest BCUT2D eigenvalue weighted by Crippen LogP contribution is 2.22. The molecule has 0 aliphatic carbocycles. The van der Waals surface area contributed by atoms with E-state index in [9.17, 15) is 18.0 Å². The molecule has 0 atom stereocenters. The van der Waals surface area contributed by atoms with Crippen molar-refractivity contribution in [2.24, 2.45) is 11.8 Å². The molecule has 1 aliphatic rings. The Morgan fingerprint density at radius 1 is 1.40 bits per heavy atom. The second-order valence-electron chi connectivity index (χ2n) is 3.67. The fourth-order valence-electron chi connectivity index (χ4n) is 1.72. The summed E-state index contributed by atoms with van der Waals surface area (Å²) in [6.45, 7) is -0.320. The van der Waals surface area contributed by atoms with Gasteiger partial charge in [-0.3, -0.25) is 15.1 Å². The molecule has 0 radical (unpaired) electrons. The van der Waals surface area contributed by atoms with Crippen molar-refractivity contribution in [3.8, 4) is 0 Å². The molecule has 1 heterocycles. The fraction of sp³-hybridized carbons (Fsp3) is 0.875. The van der Waals surface area contributed by atoms with Crippen LogP contribution in [0.3, 0.4) is 0 Å². The summed E-state index contributed by atoms with van der Waals surface area (Å²) in [6, 6.07) is 0. The second kappa shape index (κ2) is 4.80. The third-order valence-corrected chi connectivity index (χ3v) is 2.50. The maximum atomic E-state index is 12.0. The Morgan fingerprint density at radius 3 is 2.33 bits per heavy atom. The highest BCUT2D eigenvalue weighted by molar-refractivity contribution is 5.78. The average Bonchev–Trinajstić information content (AvgIpc) is 2.15. The molecular weight excluding hydrogens is 211 g/mol. The number of rotatable bonds is 2. The van der Waals surface area contributed by atoms with Crippen molar-refractivity contribution in [1.29, 1.82) is 0 Å². The number of hydrogen-bond acceptors (Lipinski definition) is 3. The van der Waals surface area contributed by atoms with E-state index in [4.69, 9.17) is 5.84 Å². The maximum Gasteiger partial charge on any atom is 0.401 e. The molecule has 1 fully saturated rings. The van der Waals surface area contributed by atoms with Gasteiger partial charge in [0.05, 0.1) is 6.54 Å². The first-order chi connectivity index (χ1) is 6.92. The molecule has 0 spiro atoms. The van der Waals surface area contributed by atoms with Crippen LogP contribution in [0.2, 0.25) is 0 Å². The summed E-state index contributed by atoms with van der Waals surface area (Å²) in [5.74, 6) is 4.41. The molecule has 0 aromatic carbocycles. The van der Waals surface area contributed by atoms with Crippen molar-refractivity contribution in [3.63, 3.8) is 0 Å². The van der Waals surface area contributed by atoms with Crippen molar-refractivity contribution >= 4 is 5.91 Å². The van der Waals surface area contributed by atoms with Crippen molar-refractivity contribution in [1.82, 2.24) is 10.3 Å². The number of nitrogens with one attached hydrogen (secondary N) is 1. The highest BCUT2D eigenvalue weighted by atomic mass is 19.4. The number of nitrogens with two attached hydrogens (primary N) is 1. The van der Waals surface area contributed by atoms with E-state index >= 15 is 0 Å². The quantitative estimate of drug-likeness (QED) is 0.402. The van der Waals surface area contributed by atoms with Gasteiger partial charge < -0.3 is 0 Å². The third kappa shape index (κ3) is 4.05. The molecule has 4 nitrogen and oxygen atoms in total. The average molecular weight is 225 g/mol. The molecule has 1 amide bonds. The number of nitrogens with zero attached hydrogens (tertiary/aromatic N) is 1. The number of hydrogen-bond donors (Lipinski definition) is 2. The molecule has 0 aromatic rings. The van der Waals surface area contributed by atoms with E-state index in [0.717, 1.165) is 0 Å². The van der Waals surface area contributed by atoms with Gasteiger partial charge in [-0.2, -0.15) is 13.2 Å². The van der Waals surface area contributed by atoms with Crippen LogP contribution in [-0.2, 0) is 4.79 Å². The minimum atomic E-state index is -4.16. The largest absolute Gasteiger partial charge is 0.401 e. The number of amides is 1. The fourth-order valence-corrected chi connectivity index (χ4v) is 1.72. The third-order valence-electron chi connectivity index (χ3n) is 2.50. The Bertz CT molecular complexity index is 224. The van der Waals surface area contributed by atoms with Crippen molar-refractivity contribution in [2.45, 2.75) is 19.0 Å². The zero-order chi connectivity index (χ0) is 11.5. The molecule has 15 heavy (non-hydrogen) atoms. The molecule has 88 valence electrons. The molecule has 0 unspecified atom stereocenters. The summed E-state index contributed by atoms with van der Waals surface area (Å²) in [5, 5.41) is 0. The van der Waals surface area contributed by atoms with Crippen molar-refractivity contribution in [2.75, 3.05) is 19.6 Å². The van der Waals surface area contributed by atoms with Crippen LogP contribution in [0.5, 0.6) is 0 Å². The highest BCUT2D eigenvalue weighted by Gasteiger charge is 2.33. The molecule has 7 heteroatoms. The normalized spacial score (nSPS) is 20.3. The van der Waals surface area contributed by atoms with E-state index in [2.05, 4.69) is 0 Å². The minimum absolute atomic E-state index is 0.250. The Balaban J connectivity index is 2.33. The lowest BCUT2D eigenvalue weighted by molar-refractivity contribution is -0.149. The van der Waals surface area contributed by atoms with E-state index in [1.165, 1.54) is 4.90 Å². The summed E-state index contributed by atoms with van der Waals surface area (Å²) in [5.41, 5.74) is 2.02. The van der Waals surface area contributed by atoms with Crippen LogP contribution in [-0.4, -0.2) is 36.6 Å². The Morgan fingerprint density at radius 2 is 1.93 bits per heavy atom. The molecular formula is C8H14F3N3O. The number of carbonyl (C=O) groups excluding carboxylic acids is 1. The monoisotopic (exact) mass is 225 g/mol. The van der Waals surface area contributed by atoms with Crippen molar-refractivity contribution < 1.29 is 18.0 Å². The van der Waals surface area contributed by atoms with Gasteiger partial charge in [-0.1, -0.05) is 0 Å². The van der Waals surface area contributed by atoms with E-state index in [1.54, 1.807) is 0 Å². The molecule has 0 aromatic heterocycles. The van der Waals surface area contributed by atoms with Crippen LogP contribution in [0.15, 0.2) is 0 Å². The number of likely N-dealkylation sites (tertiary alicyclic amines) is 1. The van der Waals surface area contributed by atoms with E-state index in [1.807, 2.05) is 5.43 Å². The maximum absolute atomic E-state index is 12.0. The predicted octanol–water partition coefficient (Wildman–Crippen LogP) is 0.251. The lowest BCUT2D eigenvalue weighted by Gasteiger charge is -2.31. The lowest BCUT2D eigenvalue weighted by atomic mass is 9.96. The Labute approximate surface area is 85.6 Å². The smallest absolute Gasteiger partial charge is 0.295 e. The van der Waals surface area contributed by atoms with E-state index in [-0.39, 0.29) is 24.9 Å². The first-order valence-electron chi connectivity index (χ1n) is 4.72. The second-order valence-corrected chi connectivity index (χ2v) is 3.67. The summed E-state index contributed by atoms with van der Waals surface area (Å²) >= 11 is 0. The van der Waals surface area contributed by atoms with Gasteiger partial charge in [0, 0.05) is 5.92 Å². The van der Waals surface area contributed by atoms with Gasteiger partial charge in [-0.15, -0.1) is 0 Å². The van der Waals surface area contributed by atoms with Gasteiger partial charge in [-0.05, 0) is 25.9 Å². The van der Waals surface area contributed by atoms with E-state index < -0.39 is 12.7 Å². The molecule has 1 rings (SSSR count). The number of carbonyl (C=O) groups is 1. The van der Waals surface area contributed by atoms with Gasteiger partial charge in [0.25, 0.3) is 0 Å². The first-order valence-corrected chi connectivity index (χ1v) is 4.72. The van der Waals surface area contributed by atoms with Gasteiger partial charge in [-0.25, -0.2) is 5.84 Å². The van der Waals surface area contributed by atoms with Gasteiger partial charge >= 0.3 is 6.18 Å². The molecule has 0 bridgehead atoms. The van der Waals surface area contributed by atoms with E-state index in [0.29, 0.717) is 12.8 Å². The zero-order valence-electron chi connectivity index (χ0n) is 8.18. The van der Waals surface area contributed by atoms with Crippen LogP contribution in [0.25, 0.3) is 0 Å². The summed E-state index contributed by atoms with van der Waals surface area (Å²) in [4.78, 5) is 12.4. The minimum Gasteiger partial charge on any atom is -0.295 e. The molecule has 1 saturated heterocycles. The topological polar surface area (TPSA) is 58.4 Å². The first kappa shape index (κ1) is 12.3. The molecule has 1 aliphatic heterocycles. The van der Waals surface area contributed by atoms with Gasteiger partial charge in [0.2, 0.25) is 5.91 Å². The zero-order valence-corrected chi connectivity index (χ0v) is 8.18. The van der Waals surface area contributed by atoms with Gasteiger partial charge in [0.15, 0.2) is 0 Å².